The number of nitrogens with two attached hydrogens (primary N) is 1. The molecule has 0 aliphatic heterocycles. The first kappa shape index (κ1) is 17.3. The summed E-state index contributed by atoms with van der Waals surface area (Å²) in [4.78, 5) is 12.6. The summed E-state index contributed by atoms with van der Waals surface area (Å²) in [7, 11) is 0. The van der Waals surface area contributed by atoms with Gasteiger partial charge < -0.3 is 11.1 Å². The Morgan fingerprint density at radius 1 is 1.33 bits per heavy atom. The fourth-order valence-electron chi connectivity index (χ4n) is 1.37. The molecule has 5 heteroatoms. The molecule has 0 atom stereocenters. The summed E-state index contributed by atoms with van der Waals surface area (Å²) in [5.74, 6) is 0.880. The van der Waals surface area contributed by atoms with E-state index in [0.717, 1.165) is 5.75 Å². The van der Waals surface area contributed by atoms with Crippen molar-refractivity contribution in [3.8, 4) is 0 Å². The first-order valence-corrected chi connectivity index (χ1v) is 6.79. The normalized spacial score (nSPS) is 9.72. The van der Waals surface area contributed by atoms with Crippen LogP contribution in [0.1, 0.15) is 17.5 Å². The van der Waals surface area contributed by atoms with Gasteiger partial charge in [0.05, 0.1) is 0 Å². The lowest BCUT2D eigenvalue weighted by Crippen LogP contribution is -2.29. The van der Waals surface area contributed by atoms with E-state index < -0.39 is 0 Å². The van der Waals surface area contributed by atoms with Crippen molar-refractivity contribution in [1.29, 1.82) is 0 Å². The maximum absolute atomic E-state index is 11.3. The minimum absolute atomic E-state index is 0. The van der Waals surface area contributed by atoms with Gasteiger partial charge in [-0.15, -0.1) is 24.2 Å². The van der Waals surface area contributed by atoms with Gasteiger partial charge >= 0.3 is 0 Å². The van der Waals surface area contributed by atoms with Crippen LogP contribution in [0.5, 0.6) is 0 Å². The zero-order valence-electron chi connectivity index (χ0n) is 10.9. The van der Waals surface area contributed by atoms with E-state index in [-0.39, 0.29) is 18.3 Å². The van der Waals surface area contributed by atoms with Crippen molar-refractivity contribution in [3.63, 3.8) is 0 Å². The fraction of sp³-hybridized carbons (Fsp3) is 0.462. The molecule has 0 aromatic heterocycles. The highest BCUT2D eigenvalue weighted by atomic mass is 35.5. The third-order valence-electron chi connectivity index (χ3n) is 2.54. The molecule has 0 fully saturated rings. The second kappa shape index (κ2) is 9.25. The fourth-order valence-corrected chi connectivity index (χ4v) is 2.31. The van der Waals surface area contributed by atoms with Crippen LogP contribution in [0.2, 0.25) is 0 Å². The van der Waals surface area contributed by atoms with Crippen LogP contribution in [0.25, 0.3) is 0 Å². The summed E-state index contributed by atoms with van der Waals surface area (Å²) >= 11 is 1.71. The molecule has 1 amide bonds. The Bertz CT molecular complexity index is 385. The number of hydrogen-bond acceptors (Lipinski definition) is 3. The molecular formula is C13H21ClN2OS. The van der Waals surface area contributed by atoms with Gasteiger partial charge in [-0.3, -0.25) is 4.79 Å². The molecule has 0 unspecified atom stereocenters. The second-order valence-corrected chi connectivity index (χ2v) is 5.15. The number of rotatable bonds is 6. The number of nitrogens with one attached hydrogen (secondary N) is 1. The Labute approximate surface area is 119 Å². The van der Waals surface area contributed by atoms with Gasteiger partial charge in [-0.2, -0.15) is 0 Å². The Balaban J connectivity index is 0.00000289. The molecule has 3 nitrogen and oxygen atoms in total. The lowest BCUT2D eigenvalue weighted by atomic mass is 10.1. The Kier molecular flexibility index (Phi) is 8.89. The van der Waals surface area contributed by atoms with Crippen LogP contribution in [0.15, 0.2) is 23.1 Å². The molecule has 0 aliphatic rings. The van der Waals surface area contributed by atoms with Gasteiger partial charge in [0.1, 0.15) is 0 Å². The minimum Gasteiger partial charge on any atom is -0.355 e. The van der Waals surface area contributed by atoms with Gasteiger partial charge in [0.15, 0.2) is 0 Å². The first-order valence-electron chi connectivity index (χ1n) is 5.80. The third-order valence-corrected chi connectivity index (χ3v) is 3.54. The smallest absolute Gasteiger partial charge is 0.220 e. The number of thioether (sulfide) groups is 1. The number of halogens is 1. The molecule has 0 aliphatic carbocycles. The maximum Gasteiger partial charge on any atom is 0.220 e. The monoisotopic (exact) mass is 288 g/mol. The van der Waals surface area contributed by atoms with E-state index in [4.69, 9.17) is 5.73 Å². The van der Waals surface area contributed by atoms with Crippen molar-refractivity contribution >= 4 is 30.1 Å². The van der Waals surface area contributed by atoms with Crippen molar-refractivity contribution in [2.24, 2.45) is 5.73 Å². The Morgan fingerprint density at radius 3 is 2.67 bits per heavy atom. The zero-order chi connectivity index (χ0) is 12.7. The molecule has 0 saturated heterocycles. The molecular weight excluding hydrogens is 268 g/mol. The van der Waals surface area contributed by atoms with E-state index in [0.29, 0.717) is 19.5 Å². The predicted molar refractivity (Wildman–Crippen MR) is 80.6 cm³/mol. The number of benzene rings is 1. The van der Waals surface area contributed by atoms with Crippen molar-refractivity contribution in [1.82, 2.24) is 5.32 Å². The highest BCUT2D eigenvalue weighted by Gasteiger charge is 2.01. The van der Waals surface area contributed by atoms with Gasteiger partial charge in [-0.05, 0) is 37.1 Å². The summed E-state index contributed by atoms with van der Waals surface area (Å²) in [6.45, 7) is 5.26. The largest absolute Gasteiger partial charge is 0.355 e. The molecule has 1 aromatic rings. The van der Waals surface area contributed by atoms with Gasteiger partial charge in [-0.25, -0.2) is 0 Å². The zero-order valence-corrected chi connectivity index (χ0v) is 12.5. The summed E-state index contributed by atoms with van der Waals surface area (Å²) in [6.07, 6.45) is 0.539. The molecule has 18 heavy (non-hydrogen) atoms. The third kappa shape index (κ3) is 6.28. The number of hydrogen-bond donors (Lipinski definition) is 2. The van der Waals surface area contributed by atoms with E-state index in [1.807, 2.05) is 0 Å². The lowest BCUT2D eigenvalue weighted by Gasteiger charge is -2.05. The standard InChI is InChI=1S/C13H20N2OS.ClH/c1-10-3-4-12(9-11(10)2)17-8-5-13(16)15-7-6-14;/h3-4,9H,5-8,14H2,1-2H3,(H,15,16);1H. The first-order chi connectivity index (χ1) is 8.13. The molecule has 0 saturated carbocycles. The maximum atomic E-state index is 11.3. The molecule has 1 rings (SSSR count). The van der Waals surface area contributed by atoms with Crippen LogP contribution in [0.4, 0.5) is 0 Å². The molecule has 3 N–H and O–H groups in total. The average Bonchev–Trinajstić information content (AvgIpc) is 2.31. The summed E-state index contributed by atoms with van der Waals surface area (Å²) in [5.41, 5.74) is 7.90. The molecule has 0 spiro atoms. The van der Waals surface area contributed by atoms with Crippen molar-refractivity contribution in [2.75, 3.05) is 18.8 Å². The van der Waals surface area contributed by atoms with Crippen LogP contribution in [0.3, 0.4) is 0 Å². The number of carbonyl (C=O) groups is 1. The van der Waals surface area contributed by atoms with E-state index in [2.05, 4.69) is 37.4 Å². The molecule has 0 bridgehead atoms. The quantitative estimate of drug-likeness (QED) is 0.790. The molecule has 1 aromatic carbocycles. The number of aryl methyl sites for hydroxylation is 2. The highest BCUT2D eigenvalue weighted by molar-refractivity contribution is 7.99. The second-order valence-electron chi connectivity index (χ2n) is 3.98. The van der Waals surface area contributed by atoms with E-state index in [9.17, 15) is 4.79 Å². The van der Waals surface area contributed by atoms with Gasteiger partial charge in [0, 0.05) is 30.2 Å². The number of amides is 1. The van der Waals surface area contributed by atoms with Crippen LogP contribution in [-0.4, -0.2) is 24.7 Å². The van der Waals surface area contributed by atoms with Gasteiger partial charge in [0.2, 0.25) is 5.91 Å². The topological polar surface area (TPSA) is 55.1 Å². The Morgan fingerprint density at radius 2 is 2.06 bits per heavy atom. The average molecular weight is 289 g/mol. The van der Waals surface area contributed by atoms with Gasteiger partial charge in [0.25, 0.3) is 0 Å². The van der Waals surface area contributed by atoms with E-state index >= 15 is 0 Å². The van der Waals surface area contributed by atoms with E-state index in [1.165, 1.54) is 16.0 Å². The van der Waals surface area contributed by atoms with Crippen LogP contribution >= 0.6 is 24.2 Å². The predicted octanol–water partition coefficient (Wildman–Crippen LogP) is 2.28. The molecule has 0 radical (unpaired) electrons. The van der Waals surface area contributed by atoms with Crippen molar-refractivity contribution < 1.29 is 4.79 Å². The summed E-state index contributed by atoms with van der Waals surface area (Å²) in [6, 6.07) is 6.38. The number of carbonyl (C=O) groups excluding carboxylic acids is 1. The SMILES string of the molecule is Cc1ccc(SCCC(=O)NCCN)cc1C.Cl. The van der Waals surface area contributed by atoms with Crippen molar-refractivity contribution in [2.45, 2.75) is 25.2 Å². The molecule has 102 valence electrons. The van der Waals surface area contributed by atoms with Crippen LogP contribution < -0.4 is 11.1 Å². The van der Waals surface area contributed by atoms with Crippen molar-refractivity contribution in [3.05, 3.63) is 29.3 Å². The lowest BCUT2D eigenvalue weighted by molar-refractivity contribution is -0.120. The van der Waals surface area contributed by atoms with Crippen LogP contribution in [-0.2, 0) is 4.79 Å². The van der Waals surface area contributed by atoms with Crippen LogP contribution in [0, 0.1) is 13.8 Å². The minimum atomic E-state index is 0. The molecule has 0 heterocycles. The van der Waals surface area contributed by atoms with E-state index in [1.54, 1.807) is 11.8 Å². The summed E-state index contributed by atoms with van der Waals surface area (Å²) < 4.78 is 0. The van der Waals surface area contributed by atoms with Gasteiger partial charge in [-0.1, -0.05) is 6.07 Å². The Hall–Kier alpha value is -0.710. The highest BCUT2D eigenvalue weighted by Crippen LogP contribution is 2.21. The summed E-state index contributed by atoms with van der Waals surface area (Å²) in [5, 5.41) is 2.76.